The van der Waals surface area contributed by atoms with Crippen molar-refractivity contribution >= 4 is 50.6 Å². The van der Waals surface area contributed by atoms with E-state index >= 15 is 0 Å². The van der Waals surface area contributed by atoms with Crippen molar-refractivity contribution in [3.63, 3.8) is 0 Å². The minimum Gasteiger partial charge on any atom is -0.461 e. The van der Waals surface area contributed by atoms with Gasteiger partial charge in [0, 0.05) is 21.9 Å². The summed E-state index contributed by atoms with van der Waals surface area (Å²) < 4.78 is 11.1. The first kappa shape index (κ1) is 20.8. The first-order chi connectivity index (χ1) is 14.9. The van der Waals surface area contributed by atoms with Gasteiger partial charge in [-0.1, -0.05) is 16.8 Å². The van der Waals surface area contributed by atoms with Gasteiger partial charge in [-0.25, -0.2) is 4.79 Å². The molecule has 0 radical (unpaired) electrons. The number of thiophene rings is 1. The Labute approximate surface area is 184 Å². The minimum absolute atomic E-state index is 0.0413. The molecule has 3 aromatic heterocycles. The predicted molar refractivity (Wildman–Crippen MR) is 115 cm³/mol. The van der Waals surface area contributed by atoms with Gasteiger partial charge < -0.3 is 14.6 Å². The van der Waals surface area contributed by atoms with E-state index in [2.05, 4.69) is 15.6 Å². The molecule has 3 heterocycles. The average molecular weight is 459 g/mol. The zero-order chi connectivity index (χ0) is 22.1. The molecular weight excluding hydrogens is 444 g/mol. The molecule has 9 nitrogen and oxygen atoms in total. The van der Waals surface area contributed by atoms with Crippen LogP contribution in [0, 0.1) is 6.92 Å². The number of carbonyl (C=O) groups excluding carboxylic acids is 2. The molecule has 11 heteroatoms. The number of nitrogens with one attached hydrogen (secondary N) is 1. The molecule has 0 saturated carbocycles. The third kappa shape index (κ3) is 3.94. The highest BCUT2D eigenvalue weighted by molar-refractivity contribution is 7.16. The molecule has 0 aliphatic carbocycles. The smallest absolute Gasteiger partial charge is 0.359 e. The number of aryl methyl sites for hydroxylation is 1. The lowest BCUT2D eigenvalue weighted by Gasteiger charge is -2.09. The average Bonchev–Trinajstić information content (AvgIpc) is 3.36. The van der Waals surface area contributed by atoms with Crippen LogP contribution in [0.4, 0.5) is 5.00 Å². The quantitative estimate of drug-likeness (QED) is 0.452. The maximum Gasteiger partial charge on any atom is 0.359 e. The van der Waals surface area contributed by atoms with Crippen LogP contribution in [0.15, 0.2) is 45.0 Å². The van der Waals surface area contributed by atoms with E-state index in [-0.39, 0.29) is 33.8 Å². The molecule has 1 amide bonds. The molecule has 1 aromatic carbocycles. The van der Waals surface area contributed by atoms with E-state index in [0.717, 1.165) is 16.0 Å². The van der Waals surface area contributed by atoms with Crippen molar-refractivity contribution in [2.24, 2.45) is 0 Å². The van der Waals surface area contributed by atoms with Gasteiger partial charge in [0.25, 0.3) is 11.5 Å². The molecule has 0 fully saturated rings. The molecule has 0 aliphatic heterocycles. The molecule has 0 aliphatic rings. The van der Waals surface area contributed by atoms with Gasteiger partial charge in [-0.2, -0.15) is 9.78 Å². The largest absolute Gasteiger partial charge is 0.461 e. The molecule has 4 rings (SSSR count). The summed E-state index contributed by atoms with van der Waals surface area (Å²) in [5.41, 5.74) is -0.0899. The third-order valence-electron chi connectivity index (χ3n) is 4.28. The van der Waals surface area contributed by atoms with Crippen LogP contribution < -0.4 is 10.9 Å². The summed E-state index contributed by atoms with van der Waals surface area (Å²) in [5.74, 6) is -0.759. The maximum absolute atomic E-state index is 13.3. The van der Waals surface area contributed by atoms with E-state index in [0.29, 0.717) is 16.5 Å². The summed E-state index contributed by atoms with van der Waals surface area (Å²) in [6, 6.07) is 7.87. The van der Waals surface area contributed by atoms with Crippen molar-refractivity contribution in [3.8, 4) is 5.69 Å². The molecule has 0 bridgehead atoms. The van der Waals surface area contributed by atoms with Gasteiger partial charge in [-0.3, -0.25) is 9.59 Å². The van der Waals surface area contributed by atoms with Gasteiger partial charge in [0.2, 0.25) is 0 Å². The number of amides is 1. The Hall–Kier alpha value is -3.50. The van der Waals surface area contributed by atoms with Gasteiger partial charge in [0.05, 0.1) is 17.7 Å². The molecule has 0 atom stereocenters. The Morgan fingerprint density at radius 3 is 2.68 bits per heavy atom. The zero-order valence-corrected chi connectivity index (χ0v) is 17.9. The first-order valence-corrected chi connectivity index (χ1v) is 10.4. The number of carbonyl (C=O) groups is 2. The normalized spacial score (nSPS) is 10.9. The molecule has 0 saturated heterocycles. The van der Waals surface area contributed by atoms with Crippen LogP contribution >= 0.6 is 22.9 Å². The van der Waals surface area contributed by atoms with E-state index in [1.54, 1.807) is 43.5 Å². The number of nitrogens with zero attached hydrogens (tertiary/aromatic N) is 3. The summed E-state index contributed by atoms with van der Waals surface area (Å²) in [6.45, 7) is 3.47. The number of esters is 1. The van der Waals surface area contributed by atoms with Crippen molar-refractivity contribution in [2.75, 3.05) is 11.9 Å². The Morgan fingerprint density at radius 2 is 2.03 bits per heavy atom. The standard InChI is InChI=1S/C20H15ClN4O5S/c1-3-29-20(28)16-13-9-31-18(22-17(26)14-8-10(2)30-24-14)15(13)19(27)25(23-16)12-6-4-11(21)5-7-12/h4-9H,3H2,1-2H3,(H,22,26). The number of aromatic nitrogens is 3. The van der Waals surface area contributed by atoms with Crippen molar-refractivity contribution < 1.29 is 18.8 Å². The second-order valence-electron chi connectivity index (χ2n) is 6.39. The van der Waals surface area contributed by atoms with Crippen LogP contribution in [0.25, 0.3) is 16.5 Å². The van der Waals surface area contributed by atoms with E-state index in [1.165, 1.54) is 6.07 Å². The number of halogens is 1. The lowest BCUT2D eigenvalue weighted by molar-refractivity contribution is 0.0520. The predicted octanol–water partition coefficient (Wildman–Crippen LogP) is 3.83. The van der Waals surface area contributed by atoms with Gasteiger partial charge in [0.15, 0.2) is 11.4 Å². The second kappa shape index (κ2) is 8.32. The number of ether oxygens (including phenoxy) is 1. The summed E-state index contributed by atoms with van der Waals surface area (Å²) in [6.07, 6.45) is 0. The lowest BCUT2D eigenvalue weighted by atomic mass is 10.2. The van der Waals surface area contributed by atoms with Gasteiger partial charge >= 0.3 is 5.97 Å². The highest BCUT2D eigenvalue weighted by Crippen LogP contribution is 2.31. The van der Waals surface area contributed by atoms with E-state index < -0.39 is 17.4 Å². The SMILES string of the molecule is CCOC(=O)c1nn(-c2ccc(Cl)cc2)c(=O)c2c(NC(=O)c3cc(C)on3)scc12. The molecule has 158 valence electrons. The van der Waals surface area contributed by atoms with Crippen LogP contribution in [0.3, 0.4) is 0 Å². The molecule has 0 unspecified atom stereocenters. The number of hydrogen-bond donors (Lipinski definition) is 1. The first-order valence-electron chi connectivity index (χ1n) is 9.11. The highest BCUT2D eigenvalue weighted by Gasteiger charge is 2.24. The summed E-state index contributed by atoms with van der Waals surface area (Å²) in [4.78, 5) is 38.4. The fraction of sp³-hybridized carbons (Fsp3) is 0.150. The van der Waals surface area contributed by atoms with E-state index in [1.807, 2.05) is 0 Å². The van der Waals surface area contributed by atoms with Crippen LogP contribution in [-0.4, -0.2) is 33.4 Å². The van der Waals surface area contributed by atoms with Crippen molar-refractivity contribution in [3.05, 3.63) is 68.2 Å². The van der Waals surface area contributed by atoms with E-state index in [4.69, 9.17) is 20.9 Å². The number of fused-ring (bicyclic) bond motifs is 1. The Kier molecular flexibility index (Phi) is 5.57. The molecular formula is C20H15ClN4O5S. The molecule has 0 spiro atoms. The second-order valence-corrected chi connectivity index (χ2v) is 7.71. The van der Waals surface area contributed by atoms with Crippen molar-refractivity contribution in [2.45, 2.75) is 13.8 Å². The van der Waals surface area contributed by atoms with Crippen molar-refractivity contribution in [1.29, 1.82) is 0 Å². The number of anilines is 1. The van der Waals surface area contributed by atoms with Crippen LogP contribution in [0.5, 0.6) is 0 Å². The number of rotatable bonds is 5. The monoisotopic (exact) mass is 458 g/mol. The summed E-state index contributed by atoms with van der Waals surface area (Å²) in [7, 11) is 0. The number of hydrogen-bond acceptors (Lipinski definition) is 8. The highest BCUT2D eigenvalue weighted by atomic mass is 35.5. The van der Waals surface area contributed by atoms with Crippen LogP contribution in [0.1, 0.15) is 33.7 Å². The summed E-state index contributed by atoms with van der Waals surface area (Å²) >= 11 is 7.03. The lowest BCUT2D eigenvalue weighted by Crippen LogP contribution is -2.25. The number of benzene rings is 1. The molecule has 31 heavy (non-hydrogen) atoms. The third-order valence-corrected chi connectivity index (χ3v) is 5.43. The molecule has 4 aromatic rings. The van der Waals surface area contributed by atoms with Gasteiger partial charge in [0.1, 0.15) is 10.8 Å². The maximum atomic E-state index is 13.3. The Balaban J connectivity index is 1.89. The van der Waals surface area contributed by atoms with Crippen LogP contribution in [-0.2, 0) is 4.74 Å². The van der Waals surface area contributed by atoms with E-state index in [9.17, 15) is 14.4 Å². The van der Waals surface area contributed by atoms with Crippen LogP contribution in [0.2, 0.25) is 5.02 Å². The summed E-state index contributed by atoms with van der Waals surface area (Å²) in [5, 5.41) is 13.3. The van der Waals surface area contributed by atoms with Gasteiger partial charge in [-0.15, -0.1) is 11.3 Å². The minimum atomic E-state index is -0.682. The fourth-order valence-corrected chi connectivity index (χ4v) is 3.95. The fourth-order valence-electron chi connectivity index (χ4n) is 2.89. The topological polar surface area (TPSA) is 116 Å². The van der Waals surface area contributed by atoms with Crippen molar-refractivity contribution in [1.82, 2.24) is 14.9 Å². The van der Waals surface area contributed by atoms with Gasteiger partial charge in [-0.05, 0) is 38.1 Å². The Morgan fingerprint density at radius 1 is 1.29 bits per heavy atom. The zero-order valence-electron chi connectivity index (χ0n) is 16.3. The molecule has 1 N–H and O–H groups in total. The Bertz CT molecular complexity index is 1360.